The molecule has 0 aliphatic carbocycles. The van der Waals surface area contributed by atoms with Crippen molar-refractivity contribution in [3.63, 3.8) is 0 Å². The van der Waals surface area contributed by atoms with Crippen LogP contribution in [0.15, 0.2) is 40.6 Å². The standard InChI is InChI=1S/C21H23N5O4S/c1-5-29-20(27)15-12(3)17(21(28)30-6-2)31-19(15)24-23-16-13(4)25-26(18(16)22)14-10-8-7-9-11-14/h7-11H,5-6,22H2,1-4H3. The van der Waals surface area contributed by atoms with Crippen molar-refractivity contribution in [2.75, 3.05) is 18.9 Å². The summed E-state index contributed by atoms with van der Waals surface area (Å²) in [6.45, 7) is 7.24. The minimum Gasteiger partial charge on any atom is -0.462 e. The number of nitrogen functional groups attached to an aromatic ring is 1. The third kappa shape index (κ3) is 4.48. The number of rotatable bonds is 7. The maximum atomic E-state index is 12.5. The van der Waals surface area contributed by atoms with Crippen molar-refractivity contribution in [3.05, 3.63) is 52.0 Å². The van der Waals surface area contributed by atoms with E-state index >= 15 is 0 Å². The summed E-state index contributed by atoms with van der Waals surface area (Å²) < 4.78 is 11.8. The molecule has 0 atom stereocenters. The molecule has 3 rings (SSSR count). The van der Waals surface area contributed by atoms with Crippen molar-refractivity contribution in [3.8, 4) is 5.69 Å². The number of nitrogens with zero attached hydrogens (tertiary/aromatic N) is 4. The first-order valence-electron chi connectivity index (χ1n) is 9.68. The number of hydrogen-bond donors (Lipinski definition) is 1. The molecule has 31 heavy (non-hydrogen) atoms. The van der Waals surface area contributed by atoms with E-state index in [0.717, 1.165) is 17.0 Å². The number of azo groups is 1. The molecule has 0 amide bonds. The molecule has 0 fully saturated rings. The van der Waals surface area contributed by atoms with Crippen LogP contribution in [0.1, 0.15) is 45.1 Å². The molecule has 0 unspecified atom stereocenters. The van der Waals surface area contributed by atoms with Crippen LogP contribution in [0, 0.1) is 13.8 Å². The van der Waals surface area contributed by atoms with Crippen molar-refractivity contribution >= 4 is 39.8 Å². The molecule has 0 spiro atoms. The summed E-state index contributed by atoms with van der Waals surface area (Å²) in [5.41, 5.74) is 8.62. The van der Waals surface area contributed by atoms with Gasteiger partial charge in [0.15, 0.2) is 16.5 Å². The molecule has 0 bridgehead atoms. The molecule has 3 aromatic rings. The molecular weight excluding hydrogens is 418 g/mol. The fraction of sp³-hybridized carbons (Fsp3) is 0.286. The fourth-order valence-corrected chi connectivity index (χ4v) is 3.94. The highest BCUT2D eigenvalue weighted by molar-refractivity contribution is 7.18. The van der Waals surface area contributed by atoms with Gasteiger partial charge < -0.3 is 15.2 Å². The number of carbonyl (C=O) groups excluding carboxylic acids is 2. The summed E-state index contributed by atoms with van der Waals surface area (Å²) in [5.74, 6) is -0.793. The Balaban J connectivity index is 2.04. The predicted molar refractivity (Wildman–Crippen MR) is 118 cm³/mol. The number of hydrogen-bond acceptors (Lipinski definition) is 9. The maximum Gasteiger partial charge on any atom is 0.348 e. The van der Waals surface area contributed by atoms with E-state index in [1.807, 2.05) is 30.3 Å². The molecule has 0 aliphatic rings. The third-order valence-corrected chi connectivity index (χ3v) is 5.53. The Kier molecular flexibility index (Phi) is 6.81. The predicted octanol–water partition coefficient (Wildman–Crippen LogP) is 4.90. The number of para-hydroxylation sites is 1. The van der Waals surface area contributed by atoms with Crippen LogP contribution in [0.25, 0.3) is 5.69 Å². The first-order chi connectivity index (χ1) is 14.9. The molecule has 0 radical (unpaired) electrons. The van der Waals surface area contributed by atoms with Crippen LogP contribution in [0.3, 0.4) is 0 Å². The summed E-state index contributed by atoms with van der Waals surface area (Å²) in [6, 6.07) is 9.40. The van der Waals surface area contributed by atoms with Gasteiger partial charge in [0.25, 0.3) is 0 Å². The van der Waals surface area contributed by atoms with Gasteiger partial charge in [-0.05, 0) is 45.4 Å². The van der Waals surface area contributed by atoms with Gasteiger partial charge in [-0.3, -0.25) is 0 Å². The van der Waals surface area contributed by atoms with E-state index in [2.05, 4.69) is 15.3 Å². The molecule has 162 valence electrons. The van der Waals surface area contributed by atoms with Gasteiger partial charge >= 0.3 is 11.9 Å². The molecule has 0 aliphatic heterocycles. The second kappa shape index (κ2) is 9.52. The summed E-state index contributed by atoms with van der Waals surface area (Å²) in [5, 5.41) is 13.2. The molecular formula is C21H23N5O4S. The summed E-state index contributed by atoms with van der Waals surface area (Å²) in [4.78, 5) is 25.1. The lowest BCUT2D eigenvalue weighted by Gasteiger charge is -2.03. The topological polar surface area (TPSA) is 121 Å². The van der Waals surface area contributed by atoms with Crippen molar-refractivity contribution < 1.29 is 19.1 Å². The number of nitrogens with two attached hydrogens (primary N) is 1. The Morgan fingerprint density at radius 2 is 1.71 bits per heavy atom. The zero-order valence-corrected chi connectivity index (χ0v) is 18.5. The first-order valence-corrected chi connectivity index (χ1v) is 10.5. The van der Waals surface area contributed by atoms with Gasteiger partial charge in [0.2, 0.25) is 0 Å². The van der Waals surface area contributed by atoms with Crippen LogP contribution < -0.4 is 5.73 Å². The second-order valence-electron chi connectivity index (χ2n) is 6.44. The van der Waals surface area contributed by atoms with Crippen LogP contribution in [0.2, 0.25) is 0 Å². The van der Waals surface area contributed by atoms with Gasteiger partial charge in [-0.2, -0.15) is 5.10 Å². The van der Waals surface area contributed by atoms with Gasteiger partial charge in [-0.1, -0.05) is 18.2 Å². The number of benzene rings is 1. The van der Waals surface area contributed by atoms with E-state index in [1.165, 1.54) is 0 Å². The number of thiophene rings is 1. The van der Waals surface area contributed by atoms with Gasteiger partial charge in [-0.25, -0.2) is 14.3 Å². The smallest absolute Gasteiger partial charge is 0.348 e. The molecule has 10 heteroatoms. The van der Waals surface area contributed by atoms with Crippen molar-refractivity contribution in [1.29, 1.82) is 0 Å². The Bertz CT molecular complexity index is 1130. The Labute approximate surface area is 183 Å². The van der Waals surface area contributed by atoms with Gasteiger partial charge in [0.05, 0.1) is 24.6 Å². The molecule has 0 saturated carbocycles. The van der Waals surface area contributed by atoms with E-state index in [1.54, 1.807) is 32.4 Å². The third-order valence-electron chi connectivity index (χ3n) is 4.37. The molecule has 0 saturated heterocycles. The van der Waals surface area contributed by atoms with Gasteiger partial charge in [0, 0.05) is 0 Å². The van der Waals surface area contributed by atoms with Crippen LogP contribution in [-0.4, -0.2) is 34.9 Å². The monoisotopic (exact) mass is 441 g/mol. The number of anilines is 1. The van der Waals surface area contributed by atoms with Crippen LogP contribution in [0.5, 0.6) is 0 Å². The number of ether oxygens (including phenoxy) is 2. The SMILES string of the molecule is CCOC(=O)c1sc(N=Nc2c(C)nn(-c3ccccc3)c2N)c(C(=O)OCC)c1C. The second-order valence-corrected chi connectivity index (χ2v) is 7.44. The number of carbonyl (C=O) groups is 2. The molecule has 1 aromatic carbocycles. The van der Waals surface area contributed by atoms with Gasteiger partial charge in [0.1, 0.15) is 10.4 Å². The normalized spacial score (nSPS) is 11.1. The minimum absolute atomic E-state index is 0.185. The van der Waals surface area contributed by atoms with E-state index in [0.29, 0.717) is 22.8 Å². The highest BCUT2D eigenvalue weighted by Crippen LogP contribution is 2.38. The number of aryl methyl sites for hydroxylation is 1. The lowest BCUT2D eigenvalue weighted by atomic mass is 10.1. The van der Waals surface area contributed by atoms with Crippen molar-refractivity contribution in [2.24, 2.45) is 10.2 Å². The highest BCUT2D eigenvalue weighted by Gasteiger charge is 2.26. The zero-order chi connectivity index (χ0) is 22.5. The average Bonchev–Trinajstić information content (AvgIpc) is 3.23. The van der Waals surface area contributed by atoms with E-state index in [4.69, 9.17) is 15.2 Å². The zero-order valence-electron chi connectivity index (χ0n) is 17.7. The number of esters is 2. The van der Waals surface area contributed by atoms with E-state index < -0.39 is 11.9 Å². The molecule has 2 heterocycles. The average molecular weight is 442 g/mol. The summed E-state index contributed by atoms with van der Waals surface area (Å²) >= 11 is 1.02. The Morgan fingerprint density at radius 1 is 1.06 bits per heavy atom. The fourth-order valence-electron chi connectivity index (χ4n) is 2.93. The minimum atomic E-state index is -0.578. The molecule has 2 N–H and O–H groups in total. The summed E-state index contributed by atoms with van der Waals surface area (Å²) in [6.07, 6.45) is 0. The van der Waals surface area contributed by atoms with Crippen LogP contribution >= 0.6 is 11.3 Å². The van der Waals surface area contributed by atoms with E-state index in [9.17, 15) is 9.59 Å². The number of aromatic nitrogens is 2. The van der Waals surface area contributed by atoms with Crippen molar-refractivity contribution in [1.82, 2.24) is 9.78 Å². The summed E-state index contributed by atoms with van der Waals surface area (Å²) in [7, 11) is 0. The quantitative estimate of drug-likeness (QED) is 0.411. The van der Waals surface area contributed by atoms with Crippen molar-refractivity contribution in [2.45, 2.75) is 27.7 Å². The largest absolute Gasteiger partial charge is 0.462 e. The Morgan fingerprint density at radius 3 is 2.35 bits per heavy atom. The van der Waals surface area contributed by atoms with Crippen LogP contribution in [-0.2, 0) is 9.47 Å². The highest BCUT2D eigenvalue weighted by atomic mass is 32.1. The Hall–Kier alpha value is -3.53. The first kappa shape index (κ1) is 22.2. The lowest BCUT2D eigenvalue weighted by Crippen LogP contribution is -2.08. The lowest BCUT2D eigenvalue weighted by molar-refractivity contribution is 0.0527. The molecule has 9 nitrogen and oxygen atoms in total. The maximum absolute atomic E-state index is 12.5. The van der Waals surface area contributed by atoms with E-state index in [-0.39, 0.29) is 28.7 Å². The molecule has 2 aromatic heterocycles. The van der Waals surface area contributed by atoms with Gasteiger partial charge in [-0.15, -0.1) is 21.6 Å². The van der Waals surface area contributed by atoms with Crippen LogP contribution in [0.4, 0.5) is 16.5 Å².